The molecule has 0 amide bonds. The van der Waals surface area contributed by atoms with E-state index in [1.54, 1.807) is 11.3 Å². The predicted molar refractivity (Wildman–Crippen MR) is 75.4 cm³/mol. The highest BCUT2D eigenvalue weighted by Gasteiger charge is 2.21. The highest BCUT2D eigenvalue weighted by molar-refractivity contribution is 7.17. The first kappa shape index (κ1) is 13.7. The number of carboxylic acid groups (broad SMARTS) is 1. The summed E-state index contributed by atoms with van der Waals surface area (Å²) in [6, 6.07) is 3.96. The molecule has 0 fully saturated rings. The number of carbonyl (C=O) groups is 2. The van der Waals surface area contributed by atoms with E-state index in [1.165, 1.54) is 6.92 Å². The number of aromatic nitrogens is 1. The zero-order chi connectivity index (χ0) is 14.0. The Kier molecular flexibility index (Phi) is 3.96. The number of anilines is 1. The minimum atomic E-state index is -1.18. The average Bonchev–Trinajstić information content (AvgIpc) is 2.97. The summed E-state index contributed by atoms with van der Waals surface area (Å²) in [6.07, 6.45) is 0. The lowest BCUT2D eigenvalue weighted by atomic mass is 10.3. The fourth-order valence-electron chi connectivity index (χ4n) is 1.56. The molecule has 5 nitrogen and oxygen atoms in total. The van der Waals surface area contributed by atoms with E-state index in [4.69, 9.17) is 5.11 Å². The van der Waals surface area contributed by atoms with Gasteiger partial charge in [0.2, 0.25) is 0 Å². The van der Waals surface area contributed by atoms with Gasteiger partial charge in [-0.1, -0.05) is 17.4 Å². The molecule has 1 atom stereocenters. The van der Waals surface area contributed by atoms with Gasteiger partial charge in [-0.3, -0.25) is 4.79 Å². The lowest BCUT2D eigenvalue weighted by Gasteiger charge is -2.09. The summed E-state index contributed by atoms with van der Waals surface area (Å²) in [7, 11) is 0. The quantitative estimate of drug-likeness (QED) is 0.828. The van der Waals surface area contributed by atoms with Crippen molar-refractivity contribution in [3.05, 3.63) is 33.0 Å². The molecular weight excluding hydrogens is 284 g/mol. The van der Waals surface area contributed by atoms with Gasteiger partial charge < -0.3 is 10.4 Å². The zero-order valence-corrected chi connectivity index (χ0v) is 12.0. The van der Waals surface area contributed by atoms with Crippen molar-refractivity contribution in [2.75, 3.05) is 5.32 Å². The van der Waals surface area contributed by atoms with Gasteiger partial charge in [-0.05, 0) is 18.4 Å². The van der Waals surface area contributed by atoms with Crippen molar-refractivity contribution < 1.29 is 14.7 Å². The van der Waals surface area contributed by atoms with Crippen molar-refractivity contribution in [2.24, 2.45) is 0 Å². The van der Waals surface area contributed by atoms with Crippen LogP contribution in [0.15, 0.2) is 17.5 Å². The minimum Gasteiger partial charge on any atom is -0.476 e. The number of carbonyl (C=O) groups excluding carboxylic acids is 1. The second-order valence-corrected chi connectivity index (χ2v) is 5.92. The van der Waals surface area contributed by atoms with Crippen LogP contribution in [0.5, 0.6) is 0 Å². The molecule has 2 N–H and O–H groups in total. The molecular formula is C12H12N2O3S2. The van der Waals surface area contributed by atoms with Gasteiger partial charge in [-0.15, -0.1) is 11.3 Å². The number of carboxylic acids is 1. The minimum absolute atomic E-state index is 0.0209. The molecule has 0 radical (unpaired) electrons. The second-order valence-electron chi connectivity index (χ2n) is 3.94. The third kappa shape index (κ3) is 2.99. The largest absolute Gasteiger partial charge is 0.476 e. The van der Waals surface area contributed by atoms with Crippen LogP contribution in [-0.4, -0.2) is 21.8 Å². The number of ketones is 1. The molecule has 0 spiro atoms. The number of rotatable bonds is 5. The first-order valence-electron chi connectivity index (χ1n) is 5.54. The van der Waals surface area contributed by atoms with Gasteiger partial charge in [0.25, 0.3) is 0 Å². The van der Waals surface area contributed by atoms with E-state index in [0.29, 0.717) is 5.13 Å². The molecule has 2 heterocycles. The summed E-state index contributed by atoms with van der Waals surface area (Å²) in [4.78, 5) is 27.7. The number of Topliss-reactive ketones (excluding diaryl/α,β-unsaturated/α-hetero) is 1. The Morgan fingerprint density at radius 3 is 2.68 bits per heavy atom. The van der Waals surface area contributed by atoms with Crippen LogP contribution in [0, 0.1) is 0 Å². The molecule has 0 aromatic carbocycles. The second kappa shape index (κ2) is 5.50. The van der Waals surface area contributed by atoms with Crippen molar-refractivity contribution in [1.29, 1.82) is 0 Å². The maximum Gasteiger partial charge on any atom is 0.356 e. The highest BCUT2D eigenvalue weighted by atomic mass is 32.1. The third-order valence-corrected chi connectivity index (χ3v) is 4.60. The van der Waals surface area contributed by atoms with E-state index in [-0.39, 0.29) is 22.4 Å². The van der Waals surface area contributed by atoms with Crippen molar-refractivity contribution in [1.82, 2.24) is 4.98 Å². The van der Waals surface area contributed by atoms with Crippen molar-refractivity contribution >= 4 is 39.6 Å². The first-order valence-corrected chi connectivity index (χ1v) is 7.23. The Labute approximate surface area is 117 Å². The van der Waals surface area contributed by atoms with Crippen LogP contribution in [0.2, 0.25) is 0 Å². The van der Waals surface area contributed by atoms with Crippen LogP contribution in [0.1, 0.15) is 44.9 Å². The Morgan fingerprint density at radius 1 is 1.47 bits per heavy atom. The van der Waals surface area contributed by atoms with Crippen LogP contribution in [0.25, 0.3) is 0 Å². The summed E-state index contributed by atoms with van der Waals surface area (Å²) < 4.78 is 0. The number of hydrogen-bond donors (Lipinski definition) is 2. The Hall–Kier alpha value is -1.73. The number of nitrogens with zero attached hydrogens (tertiary/aromatic N) is 1. The standard InChI is InChI=1S/C12H12N2O3S2/c1-6(8-4-3-5-18-8)13-12-14-9(11(16)17)10(19-12)7(2)15/h3-6H,1-2H3,(H,13,14)(H,16,17). The molecule has 1 unspecified atom stereocenters. The highest BCUT2D eigenvalue weighted by Crippen LogP contribution is 2.28. The molecule has 19 heavy (non-hydrogen) atoms. The van der Waals surface area contributed by atoms with Gasteiger partial charge in [-0.2, -0.15) is 0 Å². The molecule has 0 aliphatic heterocycles. The van der Waals surface area contributed by atoms with Gasteiger partial charge in [0, 0.05) is 11.8 Å². The van der Waals surface area contributed by atoms with E-state index in [0.717, 1.165) is 16.2 Å². The molecule has 7 heteroatoms. The molecule has 0 aliphatic rings. The Bertz CT molecular complexity index is 573. The normalized spacial score (nSPS) is 12.1. The molecule has 100 valence electrons. The van der Waals surface area contributed by atoms with Crippen LogP contribution >= 0.6 is 22.7 Å². The number of nitrogens with one attached hydrogen (secondary N) is 1. The van der Waals surface area contributed by atoms with E-state index in [9.17, 15) is 9.59 Å². The summed E-state index contributed by atoms with van der Waals surface area (Å²) >= 11 is 2.68. The first-order chi connectivity index (χ1) is 8.99. The lowest BCUT2D eigenvalue weighted by Crippen LogP contribution is -2.06. The SMILES string of the molecule is CC(=O)c1sc(NC(C)c2cccs2)nc1C(=O)O. The monoisotopic (exact) mass is 296 g/mol. The summed E-state index contributed by atoms with van der Waals surface area (Å²) in [5.41, 5.74) is -0.182. The van der Waals surface area contributed by atoms with Gasteiger partial charge in [0.1, 0.15) is 4.88 Å². The van der Waals surface area contributed by atoms with Gasteiger partial charge in [-0.25, -0.2) is 9.78 Å². The van der Waals surface area contributed by atoms with Gasteiger partial charge in [0.15, 0.2) is 16.6 Å². The molecule has 2 aromatic heterocycles. The molecule has 0 bridgehead atoms. The van der Waals surface area contributed by atoms with Crippen LogP contribution in [0.3, 0.4) is 0 Å². The molecule has 0 saturated carbocycles. The zero-order valence-electron chi connectivity index (χ0n) is 10.3. The maximum atomic E-state index is 11.4. The molecule has 2 aromatic rings. The van der Waals surface area contributed by atoms with E-state index >= 15 is 0 Å². The summed E-state index contributed by atoms with van der Waals surface area (Å²) in [5.74, 6) is -1.47. The van der Waals surface area contributed by atoms with Crippen molar-refractivity contribution in [3.8, 4) is 0 Å². The smallest absolute Gasteiger partial charge is 0.356 e. The molecule has 2 rings (SSSR count). The van der Waals surface area contributed by atoms with Gasteiger partial charge >= 0.3 is 5.97 Å². The fraction of sp³-hybridized carbons (Fsp3) is 0.250. The Morgan fingerprint density at radius 2 is 2.21 bits per heavy atom. The lowest BCUT2D eigenvalue weighted by molar-refractivity contribution is 0.0687. The van der Waals surface area contributed by atoms with Crippen LogP contribution in [0.4, 0.5) is 5.13 Å². The number of thiazole rings is 1. The Balaban J connectivity index is 2.24. The maximum absolute atomic E-state index is 11.4. The number of aromatic carboxylic acids is 1. The fourth-order valence-corrected chi connectivity index (χ4v) is 3.23. The predicted octanol–water partition coefficient (Wildman–Crippen LogP) is 3.28. The van der Waals surface area contributed by atoms with Gasteiger partial charge in [0.05, 0.1) is 6.04 Å². The van der Waals surface area contributed by atoms with Crippen LogP contribution in [-0.2, 0) is 0 Å². The average molecular weight is 296 g/mol. The molecule has 0 aliphatic carbocycles. The van der Waals surface area contributed by atoms with Crippen LogP contribution < -0.4 is 5.32 Å². The van der Waals surface area contributed by atoms with E-state index < -0.39 is 5.97 Å². The molecule has 0 saturated heterocycles. The summed E-state index contributed by atoms with van der Waals surface area (Å²) in [6.45, 7) is 3.30. The van der Waals surface area contributed by atoms with E-state index in [1.807, 2.05) is 24.4 Å². The van der Waals surface area contributed by atoms with Crippen molar-refractivity contribution in [2.45, 2.75) is 19.9 Å². The number of hydrogen-bond acceptors (Lipinski definition) is 6. The summed E-state index contributed by atoms with van der Waals surface area (Å²) in [5, 5.41) is 14.5. The van der Waals surface area contributed by atoms with E-state index in [2.05, 4.69) is 10.3 Å². The number of thiophene rings is 1. The van der Waals surface area contributed by atoms with Crippen molar-refractivity contribution in [3.63, 3.8) is 0 Å². The third-order valence-electron chi connectivity index (χ3n) is 2.46. The topological polar surface area (TPSA) is 79.3 Å².